The zero-order chi connectivity index (χ0) is 58.4. The molecule has 9 nitrogen and oxygen atoms in total. The summed E-state index contributed by atoms with van der Waals surface area (Å²) in [4.78, 5) is 38.0. The predicted octanol–water partition coefficient (Wildman–Crippen LogP) is 20.1. The minimum atomic E-state index is -4.66. The molecule has 2 unspecified atom stereocenters. The highest BCUT2D eigenvalue weighted by Gasteiger charge is 2.21. The Bertz CT molecular complexity index is 1760. The Morgan fingerprint density at radius 2 is 0.725 bits per heavy atom. The van der Waals surface area contributed by atoms with Crippen LogP contribution in [0.25, 0.3) is 0 Å². The number of allylic oxidation sites excluding steroid dienone is 20. The number of likely N-dealkylation sites (N-methyl/N-ethyl adjacent to an activating group) is 1. The smallest absolute Gasteiger partial charge is 0.306 e. The van der Waals surface area contributed by atoms with Crippen LogP contribution < -0.4 is 4.89 Å². The minimum Gasteiger partial charge on any atom is -0.756 e. The molecule has 458 valence electrons. The van der Waals surface area contributed by atoms with Gasteiger partial charge in [0, 0.05) is 12.8 Å². The van der Waals surface area contributed by atoms with Crippen molar-refractivity contribution in [2.45, 2.75) is 264 Å². The van der Waals surface area contributed by atoms with Crippen LogP contribution in [-0.4, -0.2) is 70.0 Å². The Labute approximate surface area is 492 Å². The Hall–Kier alpha value is -3.59. The number of phosphoric acid groups is 1. The summed E-state index contributed by atoms with van der Waals surface area (Å²) in [5.41, 5.74) is 0. The Balaban J connectivity index is 4.23. The van der Waals surface area contributed by atoms with E-state index in [0.29, 0.717) is 23.9 Å². The molecule has 0 N–H and O–H groups in total. The fourth-order valence-corrected chi connectivity index (χ4v) is 9.26. The molecule has 0 aromatic carbocycles. The summed E-state index contributed by atoms with van der Waals surface area (Å²) in [6, 6.07) is 0. The highest BCUT2D eigenvalue weighted by molar-refractivity contribution is 7.45. The third kappa shape index (κ3) is 63.6. The van der Waals surface area contributed by atoms with E-state index >= 15 is 0 Å². The maximum atomic E-state index is 12.8. The fraction of sp³-hybridized carbons (Fsp3) is 0.686. The van der Waals surface area contributed by atoms with Crippen molar-refractivity contribution < 1.29 is 42.1 Å². The molecule has 0 aromatic rings. The van der Waals surface area contributed by atoms with E-state index in [9.17, 15) is 19.0 Å². The number of phosphoric ester groups is 1. The van der Waals surface area contributed by atoms with E-state index in [-0.39, 0.29) is 26.1 Å². The molecule has 2 atom stereocenters. The minimum absolute atomic E-state index is 0.0475. The molecule has 0 amide bonds. The van der Waals surface area contributed by atoms with Crippen LogP contribution in [0.1, 0.15) is 258 Å². The zero-order valence-electron chi connectivity index (χ0n) is 52.0. The summed E-state index contributed by atoms with van der Waals surface area (Å²) in [5.74, 6) is -0.905. The summed E-state index contributed by atoms with van der Waals surface area (Å²) in [6.07, 6.45) is 85.6. The molecule has 0 spiro atoms. The van der Waals surface area contributed by atoms with E-state index < -0.39 is 32.5 Å². The standard InChI is InChI=1S/C70H120NO8P/c1-6-8-10-12-14-16-18-20-22-24-26-28-30-32-34-35-37-39-41-43-45-47-49-51-53-55-57-59-61-63-70(73)79-68(67-78-80(74,75)77-65-64-71(3,4)5)66-76-69(72)62-60-58-56-54-52-50-48-46-44-42-40-38-36-33-31-29-27-25-23-21-19-17-15-13-11-9-7-2/h8,10,14,16,20,22,25-28,32,34,37,39,43,45,49,51,55,57,68H,6-7,9,11-13,15,17-19,21,23-24,29-31,33,35-36,38,40-42,44,46-48,50,52-54,56,58-67H2,1-5H3/b10-8-,16-14-,22-20-,27-25-,28-26-,34-32-,39-37-,45-43-,51-49-,57-55-. The first-order chi connectivity index (χ1) is 39.0. The Morgan fingerprint density at radius 3 is 1.11 bits per heavy atom. The highest BCUT2D eigenvalue weighted by Crippen LogP contribution is 2.38. The summed E-state index contributed by atoms with van der Waals surface area (Å²) in [6.45, 7) is 4.07. The molecule has 0 saturated heterocycles. The van der Waals surface area contributed by atoms with Crippen LogP contribution in [0.15, 0.2) is 122 Å². The van der Waals surface area contributed by atoms with Crippen molar-refractivity contribution in [3.8, 4) is 0 Å². The summed E-state index contributed by atoms with van der Waals surface area (Å²) in [5, 5.41) is 0. The monoisotopic (exact) mass is 1130 g/mol. The quantitative estimate of drug-likeness (QED) is 0.0195. The van der Waals surface area contributed by atoms with Gasteiger partial charge in [-0.05, 0) is 103 Å². The molecule has 0 aliphatic carbocycles. The van der Waals surface area contributed by atoms with Crippen molar-refractivity contribution in [2.75, 3.05) is 47.5 Å². The van der Waals surface area contributed by atoms with Gasteiger partial charge in [-0.2, -0.15) is 0 Å². The van der Waals surface area contributed by atoms with E-state index in [1.165, 1.54) is 141 Å². The van der Waals surface area contributed by atoms with Gasteiger partial charge in [0.1, 0.15) is 19.8 Å². The van der Waals surface area contributed by atoms with Crippen LogP contribution in [0.3, 0.4) is 0 Å². The van der Waals surface area contributed by atoms with E-state index in [0.717, 1.165) is 77.0 Å². The maximum absolute atomic E-state index is 12.8. The lowest BCUT2D eigenvalue weighted by Gasteiger charge is -2.28. The van der Waals surface area contributed by atoms with Gasteiger partial charge in [0.25, 0.3) is 7.82 Å². The third-order valence-electron chi connectivity index (χ3n) is 13.5. The number of esters is 2. The van der Waals surface area contributed by atoms with Gasteiger partial charge in [-0.15, -0.1) is 0 Å². The molecular formula is C70H120NO8P. The SMILES string of the molecule is CC/C=C\C/C=C\C/C=C\C/C=C\C/C=C\C/C=C\C/C=C\C/C=C\C/C=C\CCCC(=O)OC(COC(=O)CCCCCCCCCCCCCCCCC/C=C\CCCCCCCCCC)COP(=O)([O-])OCC[N+](C)(C)C. The summed E-state index contributed by atoms with van der Waals surface area (Å²) in [7, 11) is 1.12. The van der Waals surface area contributed by atoms with Gasteiger partial charge in [-0.3, -0.25) is 14.2 Å². The molecule has 0 aromatic heterocycles. The second-order valence-corrected chi connectivity index (χ2v) is 23.8. The van der Waals surface area contributed by atoms with Gasteiger partial charge in [0.2, 0.25) is 0 Å². The largest absolute Gasteiger partial charge is 0.756 e. The average molecular weight is 1130 g/mol. The second kappa shape index (κ2) is 60.0. The lowest BCUT2D eigenvalue weighted by atomic mass is 10.0. The molecule has 0 saturated carbocycles. The summed E-state index contributed by atoms with van der Waals surface area (Å²) < 4.78 is 34.2. The van der Waals surface area contributed by atoms with Crippen LogP contribution in [0.4, 0.5) is 0 Å². The van der Waals surface area contributed by atoms with Gasteiger partial charge in [0.15, 0.2) is 6.10 Å². The molecule has 0 bridgehead atoms. The van der Waals surface area contributed by atoms with E-state index in [2.05, 4.69) is 129 Å². The van der Waals surface area contributed by atoms with Gasteiger partial charge >= 0.3 is 11.9 Å². The maximum Gasteiger partial charge on any atom is 0.306 e. The normalized spacial score (nSPS) is 14.0. The number of rotatable bonds is 58. The van der Waals surface area contributed by atoms with Crippen molar-refractivity contribution in [1.29, 1.82) is 0 Å². The zero-order valence-corrected chi connectivity index (χ0v) is 52.9. The number of carbonyl (C=O) groups excluding carboxylic acids is 2. The molecule has 0 rings (SSSR count). The Morgan fingerprint density at radius 1 is 0.400 bits per heavy atom. The first-order valence-corrected chi connectivity index (χ1v) is 33.7. The van der Waals surface area contributed by atoms with Gasteiger partial charge in [-0.25, -0.2) is 0 Å². The second-order valence-electron chi connectivity index (χ2n) is 22.4. The fourth-order valence-electron chi connectivity index (χ4n) is 8.54. The molecule has 0 fully saturated rings. The van der Waals surface area contributed by atoms with Crippen molar-refractivity contribution in [3.05, 3.63) is 122 Å². The first-order valence-electron chi connectivity index (χ1n) is 32.2. The van der Waals surface area contributed by atoms with Crippen molar-refractivity contribution in [3.63, 3.8) is 0 Å². The summed E-state index contributed by atoms with van der Waals surface area (Å²) >= 11 is 0. The molecule has 80 heavy (non-hydrogen) atoms. The van der Waals surface area contributed by atoms with Crippen molar-refractivity contribution in [1.82, 2.24) is 0 Å². The third-order valence-corrected chi connectivity index (χ3v) is 14.4. The average Bonchev–Trinajstić information content (AvgIpc) is 3.42. The molecule has 10 heteroatoms. The highest BCUT2D eigenvalue weighted by atomic mass is 31.2. The van der Waals surface area contributed by atoms with Crippen molar-refractivity contribution >= 4 is 19.8 Å². The molecular weight excluding hydrogens is 1010 g/mol. The lowest BCUT2D eigenvalue weighted by Crippen LogP contribution is -2.37. The van der Waals surface area contributed by atoms with Crippen LogP contribution in [0, 0.1) is 0 Å². The van der Waals surface area contributed by atoms with Gasteiger partial charge in [-0.1, -0.05) is 264 Å². The molecule has 0 radical (unpaired) electrons. The predicted molar refractivity (Wildman–Crippen MR) is 341 cm³/mol. The van der Waals surface area contributed by atoms with Gasteiger partial charge in [0.05, 0.1) is 27.7 Å². The number of unbranched alkanes of at least 4 members (excludes halogenated alkanes) is 24. The van der Waals surface area contributed by atoms with Crippen LogP contribution >= 0.6 is 7.82 Å². The molecule has 0 aliphatic heterocycles. The van der Waals surface area contributed by atoms with Crippen LogP contribution in [0.5, 0.6) is 0 Å². The number of hydrogen-bond donors (Lipinski definition) is 0. The molecule has 0 aliphatic rings. The van der Waals surface area contributed by atoms with Crippen molar-refractivity contribution in [2.24, 2.45) is 0 Å². The van der Waals surface area contributed by atoms with Crippen LogP contribution in [0.2, 0.25) is 0 Å². The number of carbonyl (C=O) groups is 2. The first kappa shape index (κ1) is 76.4. The van der Waals surface area contributed by atoms with Gasteiger partial charge < -0.3 is 27.9 Å². The number of quaternary nitrogens is 1. The Kier molecular flexibility index (Phi) is 57.3. The van der Waals surface area contributed by atoms with E-state index in [1.807, 2.05) is 27.2 Å². The molecule has 0 heterocycles. The van der Waals surface area contributed by atoms with E-state index in [4.69, 9.17) is 18.5 Å². The number of nitrogens with zero attached hydrogens (tertiary/aromatic N) is 1. The lowest BCUT2D eigenvalue weighted by molar-refractivity contribution is -0.870. The topological polar surface area (TPSA) is 111 Å². The number of ether oxygens (including phenoxy) is 2. The van der Waals surface area contributed by atoms with E-state index in [1.54, 1.807) is 0 Å². The van der Waals surface area contributed by atoms with Crippen LogP contribution in [-0.2, 0) is 32.7 Å². The number of hydrogen-bond acceptors (Lipinski definition) is 8.